The molecule has 0 amide bonds. The number of nitrogens with two attached hydrogens (primary N) is 1. The molecule has 4 heteroatoms. The minimum Gasteiger partial charge on any atom is -0.324 e. The number of rotatable bonds is 3. The van der Waals surface area contributed by atoms with E-state index in [1.807, 2.05) is 24.3 Å². The smallest absolute Gasteiger partial charge is 0.123 e. The topological polar surface area (TPSA) is 67.6 Å². The van der Waals surface area contributed by atoms with Gasteiger partial charge in [0, 0.05) is 0 Å². The highest BCUT2D eigenvalue weighted by molar-refractivity contribution is 5.78. The van der Waals surface area contributed by atoms with Gasteiger partial charge in [-0.05, 0) is 48.7 Å². The van der Waals surface area contributed by atoms with Gasteiger partial charge < -0.3 is 10.3 Å². The van der Waals surface area contributed by atoms with Crippen molar-refractivity contribution in [2.75, 3.05) is 0 Å². The van der Waals surface area contributed by atoms with Crippen LogP contribution in [0.25, 0.3) is 11.0 Å². The Hall–Kier alpha value is -2.64. The maximum Gasteiger partial charge on any atom is 0.123 e. The molecule has 22 heavy (non-hydrogen) atoms. The maximum atomic E-state index is 9.27. The molecule has 0 atom stereocenters. The number of hydrogen-bond donors (Lipinski definition) is 1. The minimum absolute atomic E-state index is 0.376. The van der Waals surface area contributed by atoms with Crippen molar-refractivity contribution in [2.24, 2.45) is 5.73 Å². The number of aromatic nitrogens is 2. The van der Waals surface area contributed by atoms with Gasteiger partial charge in [-0.3, -0.25) is 0 Å². The van der Waals surface area contributed by atoms with Crippen LogP contribution in [0.2, 0.25) is 0 Å². The third-order valence-corrected chi connectivity index (χ3v) is 4.09. The highest BCUT2D eigenvalue weighted by Gasteiger charge is 2.12. The number of hydrogen-bond acceptors (Lipinski definition) is 3. The quantitative estimate of drug-likeness (QED) is 0.806. The van der Waals surface area contributed by atoms with Gasteiger partial charge in [0.05, 0.1) is 35.8 Å². The lowest BCUT2D eigenvalue weighted by molar-refractivity contribution is 0.742. The van der Waals surface area contributed by atoms with Gasteiger partial charge in [0.1, 0.15) is 5.82 Å². The Morgan fingerprint density at radius 1 is 1.18 bits per heavy atom. The Balaban J connectivity index is 2.17. The van der Waals surface area contributed by atoms with Crippen LogP contribution in [-0.4, -0.2) is 9.55 Å². The molecule has 0 aliphatic heterocycles. The molecular weight excluding hydrogens is 272 g/mol. The van der Waals surface area contributed by atoms with Crippen LogP contribution in [0.1, 0.15) is 28.1 Å². The average Bonchev–Trinajstić information content (AvgIpc) is 2.85. The molecule has 0 saturated heterocycles. The van der Waals surface area contributed by atoms with Crippen LogP contribution in [0.5, 0.6) is 0 Å². The summed E-state index contributed by atoms with van der Waals surface area (Å²) < 4.78 is 2.11. The SMILES string of the molecule is Cc1cc2nc(CN)n(Cc3ccccc3C#N)c2cc1C. The van der Waals surface area contributed by atoms with Gasteiger partial charge in [-0.25, -0.2) is 4.98 Å². The van der Waals surface area contributed by atoms with Crippen molar-refractivity contribution in [3.8, 4) is 6.07 Å². The van der Waals surface area contributed by atoms with E-state index in [0.29, 0.717) is 18.7 Å². The molecule has 110 valence electrons. The summed E-state index contributed by atoms with van der Waals surface area (Å²) in [5.41, 5.74) is 12.0. The van der Waals surface area contributed by atoms with E-state index >= 15 is 0 Å². The van der Waals surface area contributed by atoms with Crippen LogP contribution in [0, 0.1) is 25.2 Å². The molecule has 3 aromatic rings. The molecule has 1 aromatic heterocycles. The van der Waals surface area contributed by atoms with Gasteiger partial charge in [0.25, 0.3) is 0 Å². The Bertz CT molecular complexity index is 884. The van der Waals surface area contributed by atoms with Crippen LogP contribution in [0.15, 0.2) is 36.4 Å². The fourth-order valence-corrected chi connectivity index (χ4v) is 2.70. The molecule has 1 heterocycles. The fourth-order valence-electron chi connectivity index (χ4n) is 2.70. The zero-order valence-corrected chi connectivity index (χ0v) is 12.8. The number of fused-ring (bicyclic) bond motifs is 1. The Kier molecular flexibility index (Phi) is 3.66. The van der Waals surface area contributed by atoms with Crippen molar-refractivity contribution in [1.82, 2.24) is 9.55 Å². The zero-order valence-electron chi connectivity index (χ0n) is 12.8. The monoisotopic (exact) mass is 290 g/mol. The first-order valence-corrected chi connectivity index (χ1v) is 7.28. The van der Waals surface area contributed by atoms with Crippen molar-refractivity contribution in [2.45, 2.75) is 26.9 Å². The van der Waals surface area contributed by atoms with E-state index in [-0.39, 0.29) is 0 Å². The lowest BCUT2D eigenvalue weighted by Crippen LogP contribution is -2.10. The first-order valence-electron chi connectivity index (χ1n) is 7.28. The third kappa shape index (κ3) is 2.36. The van der Waals surface area contributed by atoms with Crippen molar-refractivity contribution in [3.63, 3.8) is 0 Å². The molecule has 2 N–H and O–H groups in total. The first kappa shape index (κ1) is 14.3. The zero-order chi connectivity index (χ0) is 15.7. The van der Waals surface area contributed by atoms with Crippen LogP contribution in [-0.2, 0) is 13.1 Å². The fraction of sp³-hybridized carbons (Fsp3) is 0.222. The molecular formula is C18H18N4. The number of aryl methyl sites for hydroxylation is 2. The molecule has 2 aromatic carbocycles. The standard InChI is InChI=1S/C18H18N4/c1-12-7-16-17(8-13(12)2)22(18(10-20)21-16)11-15-6-4-3-5-14(15)9-19/h3-8H,10-11,20H2,1-2H3. The molecule has 0 saturated carbocycles. The summed E-state index contributed by atoms with van der Waals surface area (Å²) in [6, 6.07) is 14.1. The summed E-state index contributed by atoms with van der Waals surface area (Å²) in [4.78, 5) is 4.64. The molecule has 0 aliphatic rings. The van der Waals surface area contributed by atoms with Gasteiger partial charge in [0.2, 0.25) is 0 Å². The molecule has 3 rings (SSSR count). The second-order valence-electron chi connectivity index (χ2n) is 5.51. The normalized spacial score (nSPS) is 10.8. The summed E-state index contributed by atoms with van der Waals surface area (Å²) in [6.45, 7) is 5.16. The molecule has 0 spiro atoms. The molecule has 0 bridgehead atoms. The summed E-state index contributed by atoms with van der Waals surface area (Å²) in [6.07, 6.45) is 0. The van der Waals surface area contributed by atoms with Crippen molar-refractivity contribution in [3.05, 3.63) is 64.5 Å². The summed E-state index contributed by atoms with van der Waals surface area (Å²) in [7, 11) is 0. The lowest BCUT2D eigenvalue weighted by atomic mass is 10.1. The largest absolute Gasteiger partial charge is 0.324 e. The Morgan fingerprint density at radius 2 is 1.91 bits per heavy atom. The van der Waals surface area contributed by atoms with E-state index in [1.165, 1.54) is 11.1 Å². The predicted octanol–water partition coefficient (Wildman–Crippen LogP) is 3.03. The number of nitrogens with zero attached hydrogens (tertiary/aromatic N) is 3. The van der Waals surface area contributed by atoms with Gasteiger partial charge in [-0.15, -0.1) is 0 Å². The second kappa shape index (κ2) is 5.63. The lowest BCUT2D eigenvalue weighted by Gasteiger charge is -2.10. The van der Waals surface area contributed by atoms with E-state index in [4.69, 9.17) is 5.73 Å². The summed E-state index contributed by atoms with van der Waals surface area (Å²) in [5.74, 6) is 0.841. The van der Waals surface area contributed by atoms with Crippen LogP contribution in [0.3, 0.4) is 0 Å². The van der Waals surface area contributed by atoms with Crippen LogP contribution in [0.4, 0.5) is 0 Å². The molecule has 0 unspecified atom stereocenters. The maximum absolute atomic E-state index is 9.27. The average molecular weight is 290 g/mol. The highest BCUT2D eigenvalue weighted by atomic mass is 15.1. The molecule has 4 nitrogen and oxygen atoms in total. The number of benzene rings is 2. The van der Waals surface area contributed by atoms with E-state index in [1.54, 1.807) is 0 Å². The predicted molar refractivity (Wildman–Crippen MR) is 87.4 cm³/mol. The second-order valence-corrected chi connectivity index (χ2v) is 5.51. The van der Waals surface area contributed by atoms with E-state index < -0.39 is 0 Å². The molecule has 0 aliphatic carbocycles. The summed E-state index contributed by atoms with van der Waals surface area (Å²) >= 11 is 0. The van der Waals surface area contributed by atoms with Gasteiger partial charge in [-0.1, -0.05) is 18.2 Å². The van der Waals surface area contributed by atoms with E-state index in [9.17, 15) is 5.26 Å². The van der Waals surface area contributed by atoms with Crippen molar-refractivity contribution < 1.29 is 0 Å². The van der Waals surface area contributed by atoms with Gasteiger partial charge in [-0.2, -0.15) is 5.26 Å². The third-order valence-electron chi connectivity index (χ3n) is 4.09. The highest BCUT2D eigenvalue weighted by Crippen LogP contribution is 2.22. The number of imidazole rings is 1. The van der Waals surface area contributed by atoms with Crippen LogP contribution >= 0.6 is 0 Å². The first-order chi connectivity index (χ1) is 10.6. The Labute approximate surface area is 129 Å². The van der Waals surface area contributed by atoms with Crippen molar-refractivity contribution >= 4 is 11.0 Å². The summed E-state index contributed by atoms with van der Waals surface area (Å²) in [5, 5.41) is 9.27. The molecule has 0 fully saturated rings. The van der Waals surface area contributed by atoms with Gasteiger partial charge in [0.15, 0.2) is 0 Å². The molecule has 0 radical (unpaired) electrons. The Morgan fingerprint density at radius 3 is 2.64 bits per heavy atom. The van der Waals surface area contributed by atoms with Gasteiger partial charge >= 0.3 is 0 Å². The number of nitriles is 1. The van der Waals surface area contributed by atoms with E-state index in [2.05, 4.69) is 41.6 Å². The van der Waals surface area contributed by atoms with Crippen LogP contribution < -0.4 is 5.73 Å². The van der Waals surface area contributed by atoms with Crippen molar-refractivity contribution in [1.29, 1.82) is 5.26 Å². The van der Waals surface area contributed by atoms with E-state index in [0.717, 1.165) is 22.4 Å². The minimum atomic E-state index is 0.376.